The van der Waals surface area contributed by atoms with Crippen LogP contribution in [0, 0.1) is 0 Å². The number of rotatable bonds is 18. The summed E-state index contributed by atoms with van der Waals surface area (Å²) in [4.78, 5) is 15.8. The molecular formula is C28H48N2O2. The molecule has 0 spiro atoms. The van der Waals surface area contributed by atoms with Crippen LogP contribution in [0.1, 0.15) is 102 Å². The fourth-order valence-corrected chi connectivity index (χ4v) is 4.76. The zero-order valence-corrected chi connectivity index (χ0v) is 20.7. The normalized spacial score (nSPS) is 14.7. The lowest BCUT2D eigenvalue weighted by molar-refractivity contribution is -0.136. The summed E-state index contributed by atoms with van der Waals surface area (Å²) >= 11 is 0. The highest BCUT2D eigenvalue weighted by molar-refractivity contribution is 5.70. The third-order valence-electron chi connectivity index (χ3n) is 6.86. The number of benzene rings is 1. The van der Waals surface area contributed by atoms with Crippen LogP contribution in [-0.4, -0.2) is 48.7 Å². The van der Waals surface area contributed by atoms with Crippen LogP contribution in [-0.2, 0) is 11.2 Å². The van der Waals surface area contributed by atoms with Gasteiger partial charge in [-0.05, 0) is 30.7 Å². The van der Waals surface area contributed by atoms with Crippen LogP contribution in [0.5, 0.6) is 0 Å². The molecule has 1 aliphatic heterocycles. The van der Waals surface area contributed by atoms with Gasteiger partial charge in [-0.1, -0.05) is 103 Å². The average Bonchev–Trinajstić information content (AvgIpc) is 2.80. The highest BCUT2D eigenvalue weighted by Crippen LogP contribution is 2.18. The van der Waals surface area contributed by atoms with Crippen LogP contribution >= 0.6 is 0 Å². The van der Waals surface area contributed by atoms with Crippen LogP contribution in [0.4, 0.5) is 5.69 Å². The lowest BCUT2D eigenvalue weighted by Crippen LogP contribution is -2.46. The maximum atomic E-state index is 10.8. The van der Waals surface area contributed by atoms with Gasteiger partial charge in [0, 0.05) is 31.9 Å². The van der Waals surface area contributed by atoms with E-state index in [1.165, 1.54) is 102 Å². The molecule has 1 N–H and O–H groups in total. The van der Waals surface area contributed by atoms with Gasteiger partial charge in [0.15, 0.2) is 0 Å². The predicted molar refractivity (Wildman–Crippen MR) is 137 cm³/mol. The van der Waals surface area contributed by atoms with Crippen molar-refractivity contribution in [1.82, 2.24) is 4.90 Å². The molecule has 32 heavy (non-hydrogen) atoms. The van der Waals surface area contributed by atoms with Gasteiger partial charge >= 0.3 is 5.97 Å². The number of hydrogen-bond acceptors (Lipinski definition) is 3. The third kappa shape index (κ3) is 11.9. The first-order valence-electron chi connectivity index (χ1n) is 13.5. The molecule has 1 aromatic rings. The van der Waals surface area contributed by atoms with E-state index >= 15 is 0 Å². The Bertz CT molecular complexity index is 594. The molecule has 182 valence electrons. The molecular weight excluding hydrogens is 396 g/mol. The van der Waals surface area contributed by atoms with Crippen LogP contribution in [0.15, 0.2) is 24.3 Å². The Kier molecular flexibility index (Phi) is 14.2. The molecule has 1 aliphatic rings. The minimum absolute atomic E-state index is 0.104. The summed E-state index contributed by atoms with van der Waals surface area (Å²) in [5.41, 5.74) is 2.09. The summed E-state index contributed by atoms with van der Waals surface area (Å²) in [6, 6.07) is 8.04. The highest BCUT2D eigenvalue weighted by Gasteiger charge is 2.16. The van der Waals surface area contributed by atoms with E-state index in [1.807, 2.05) is 12.1 Å². The second-order valence-corrected chi connectivity index (χ2v) is 9.66. The van der Waals surface area contributed by atoms with Crippen molar-refractivity contribution in [3.8, 4) is 0 Å². The van der Waals surface area contributed by atoms with E-state index in [0.717, 1.165) is 31.7 Å². The molecule has 0 amide bonds. The minimum atomic E-state index is -0.769. The molecule has 1 heterocycles. The van der Waals surface area contributed by atoms with E-state index in [2.05, 4.69) is 28.9 Å². The number of anilines is 1. The Morgan fingerprint density at radius 2 is 1.19 bits per heavy atom. The summed E-state index contributed by atoms with van der Waals surface area (Å²) in [6.45, 7) is 7.93. The monoisotopic (exact) mass is 444 g/mol. The average molecular weight is 445 g/mol. The molecule has 0 aliphatic carbocycles. The molecule has 1 fully saturated rings. The van der Waals surface area contributed by atoms with E-state index < -0.39 is 5.97 Å². The van der Waals surface area contributed by atoms with Gasteiger partial charge in [0.1, 0.15) is 0 Å². The van der Waals surface area contributed by atoms with Crippen molar-refractivity contribution in [2.45, 2.75) is 103 Å². The summed E-state index contributed by atoms with van der Waals surface area (Å²) in [7, 11) is 0. The summed E-state index contributed by atoms with van der Waals surface area (Å²) < 4.78 is 0. The summed E-state index contributed by atoms with van der Waals surface area (Å²) in [5, 5.41) is 8.90. The first kappa shape index (κ1) is 26.7. The Balaban J connectivity index is 1.41. The fourth-order valence-electron chi connectivity index (χ4n) is 4.76. The Hall–Kier alpha value is -1.55. The van der Waals surface area contributed by atoms with Crippen molar-refractivity contribution >= 4 is 11.7 Å². The molecule has 0 bridgehead atoms. The number of nitrogens with zero attached hydrogens (tertiary/aromatic N) is 2. The third-order valence-corrected chi connectivity index (χ3v) is 6.86. The molecule has 0 radical (unpaired) electrons. The SMILES string of the molecule is CCCCCCCCCCCCCCCCN1CCN(c2ccc(CC(=O)O)cc2)CC1. The molecule has 0 atom stereocenters. The van der Waals surface area contributed by atoms with Gasteiger partial charge in [0.05, 0.1) is 6.42 Å². The maximum absolute atomic E-state index is 10.8. The smallest absolute Gasteiger partial charge is 0.307 e. The first-order valence-corrected chi connectivity index (χ1v) is 13.5. The van der Waals surface area contributed by atoms with Crippen molar-refractivity contribution in [3.05, 3.63) is 29.8 Å². The van der Waals surface area contributed by atoms with E-state index in [-0.39, 0.29) is 6.42 Å². The maximum Gasteiger partial charge on any atom is 0.307 e. The highest BCUT2D eigenvalue weighted by atomic mass is 16.4. The number of carboxylic acids is 1. The fraction of sp³-hybridized carbons (Fsp3) is 0.750. The van der Waals surface area contributed by atoms with Crippen molar-refractivity contribution in [1.29, 1.82) is 0 Å². The van der Waals surface area contributed by atoms with E-state index in [1.54, 1.807) is 0 Å². The molecule has 0 aromatic heterocycles. The standard InChI is InChI=1S/C28H48N2O2/c1-2-3-4-5-6-7-8-9-10-11-12-13-14-15-20-29-21-23-30(24-22-29)27-18-16-26(17-19-27)25-28(31)32/h16-19H,2-15,20-25H2,1H3,(H,31,32). The molecule has 2 rings (SSSR count). The number of piperazine rings is 1. The molecule has 1 saturated heterocycles. The van der Waals surface area contributed by atoms with Gasteiger partial charge in [-0.2, -0.15) is 0 Å². The molecule has 4 heteroatoms. The van der Waals surface area contributed by atoms with E-state index in [9.17, 15) is 4.79 Å². The zero-order chi connectivity index (χ0) is 22.9. The van der Waals surface area contributed by atoms with Crippen molar-refractivity contribution in [2.24, 2.45) is 0 Å². The lowest BCUT2D eigenvalue weighted by atomic mass is 10.0. The van der Waals surface area contributed by atoms with Crippen LogP contribution in [0.3, 0.4) is 0 Å². The molecule has 0 unspecified atom stereocenters. The topological polar surface area (TPSA) is 43.8 Å². The van der Waals surface area contributed by atoms with Gasteiger partial charge in [-0.15, -0.1) is 0 Å². The van der Waals surface area contributed by atoms with Crippen molar-refractivity contribution < 1.29 is 9.90 Å². The first-order chi connectivity index (χ1) is 15.7. The predicted octanol–water partition coefficient (Wildman–Crippen LogP) is 6.92. The second-order valence-electron chi connectivity index (χ2n) is 9.66. The quantitative estimate of drug-likeness (QED) is 0.250. The van der Waals surface area contributed by atoms with Crippen LogP contribution in [0.25, 0.3) is 0 Å². The van der Waals surface area contributed by atoms with E-state index in [4.69, 9.17) is 5.11 Å². The number of carboxylic acid groups (broad SMARTS) is 1. The minimum Gasteiger partial charge on any atom is -0.481 e. The Morgan fingerprint density at radius 3 is 1.66 bits per heavy atom. The number of carbonyl (C=O) groups is 1. The van der Waals surface area contributed by atoms with Crippen molar-refractivity contribution in [2.75, 3.05) is 37.6 Å². The van der Waals surface area contributed by atoms with Gasteiger partial charge in [0.2, 0.25) is 0 Å². The zero-order valence-electron chi connectivity index (χ0n) is 20.7. The second kappa shape index (κ2) is 17.0. The molecule has 0 saturated carbocycles. The van der Waals surface area contributed by atoms with Crippen LogP contribution in [0.2, 0.25) is 0 Å². The van der Waals surface area contributed by atoms with Gasteiger partial charge in [-0.25, -0.2) is 0 Å². The Labute approximate surface area is 197 Å². The molecule has 4 nitrogen and oxygen atoms in total. The number of aliphatic carboxylic acids is 1. The lowest BCUT2D eigenvalue weighted by Gasteiger charge is -2.36. The summed E-state index contributed by atoms with van der Waals surface area (Å²) in [5.74, 6) is -0.769. The van der Waals surface area contributed by atoms with Gasteiger partial charge < -0.3 is 10.0 Å². The van der Waals surface area contributed by atoms with Gasteiger partial charge in [-0.3, -0.25) is 9.69 Å². The van der Waals surface area contributed by atoms with Gasteiger partial charge in [0.25, 0.3) is 0 Å². The van der Waals surface area contributed by atoms with E-state index in [0.29, 0.717) is 0 Å². The van der Waals surface area contributed by atoms with Crippen LogP contribution < -0.4 is 4.90 Å². The number of unbranched alkanes of at least 4 members (excludes halogenated alkanes) is 13. The summed E-state index contributed by atoms with van der Waals surface area (Å²) in [6.07, 6.45) is 20.0. The van der Waals surface area contributed by atoms with Crippen molar-refractivity contribution in [3.63, 3.8) is 0 Å². The molecule has 1 aromatic carbocycles. The largest absolute Gasteiger partial charge is 0.481 e. The number of hydrogen-bond donors (Lipinski definition) is 1. The Morgan fingerprint density at radius 1 is 0.719 bits per heavy atom.